The highest BCUT2D eigenvalue weighted by atomic mass is 35.5. The van der Waals surface area contributed by atoms with Gasteiger partial charge in [-0.2, -0.15) is 0 Å². The highest BCUT2D eigenvalue weighted by Gasteiger charge is 2.09. The largest absolute Gasteiger partial charge is 0.495 e. The Bertz CT molecular complexity index is 817. The van der Waals surface area contributed by atoms with Gasteiger partial charge in [-0.25, -0.2) is 0 Å². The average molecular weight is 432 g/mol. The lowest BCUT2D eigenvalue weighted by atomic mass is 10.1. The number of rotatable bonds is 6. The third-order valence-electron chi connectivity index (χ3n) is 3.34. The molecule has 0 aliphatic heterocycles. The molecule has 3 nitrogen and oxygen atoms in total. The average Bonchev–Trinajstić information content (AvgIpc) is 2.57. The number of halogens is 4. The van der Waals surface area contributed by atoms with E-state index in [0.717, 1.165) is 0 Å². The van der Waals surface area contributed by atoms with Crippen molar-refractivity contribution in [2.45, 2.75) is 0 Å². The smallest absolute Gasteiger partial charge is 0.178 e. The predicted octanol–water partition coefficient (Wildman–Crippen LogP) is 6.61. The van der Waals surface area contributed by atoms with Crippen LogP contribution in [0.25, 0.3) is 12.2 Å². The van der Waals surface area contributed by atoms with Gasteiger partial charge in [0.1, 0.15) is 11.5 Å². The lowest BCUT2D eigenvalue weighted by Gasteiger charge is -2.08. The maximum absolute atomic E-state index is 12.1. The van der Waals surface area contributed by atoms with Gasteiger partial charge in [0.15, 0.2) is 5.78 Å². The minimum Gasteiger partial charge on any atom is -0.495 e. The van der Waals surface area contributed by atoms with Crippen LogP contribution in [0.2, 0.25) is 20.1 Å². The number of carbonyl (C=O) groups excluding carboxylic acids is 1. The predicted molar refractivity (Wildman–Crippen MR) is 109 cm³/mol. The Kier molecular flexibility index (Phi) is 7.42. The fourth-order valence-electron chi connectivity index (χ4n) is 2.24. The molecule has 0 atom stereocenters. The van der Waals surface area contributed by atoms with Gasteiger partial charge in [-0.3, -0.25) is 4.79 Å². The maximum Gasteiger partial charge on any atom is 0.178 e. The summed E-state index contributed by atoms with van der Waals surface area (Å²) in [5.74, 6) is 0.612. The molecule has 0 aliphatic carbocycles. The molecule has 0 aromatic heterocycles. The van der Waals surface area contributed by atoms with E-state index >= 15 is 0 Å². The molecule has 0 heterocycles. The van der Waals surface area contributed by atoms with E-state index in [4.69, 9.17) is 55.9 Å². The molecule has 0 fully saturated rings. The second-order valence-corrected chi connectivity index (χ2v) is 6.78. The van der Waals surface area contributed by atoms with E-state index in [1.54, 1.807) is 36.4 Å². The number of hydrogen-bond acceptors (Lipinski definition) is 3. The topological polar surface area (TPSA) is 35.5 Å². The van der Waals surface area contributed by atoms with Gasteiger partial charge in [-0.15, -0.1) is 0 Å². The SMILES string of the molecule is COc1c(Cl)cc(Cl)cc1C=CC(=O)C=Cc1cc(Cl)cc(Cl)c1OC. The molecule has 2 aromatic carbocycles. The molecule has 7 heteroatoms. The molecule has 0 saturated carbocycles. The quantitative estimate of drug-likeness (QED) is 0.482. The molecule has 0 radical (unpaired) electrons. The maximum atomic E-state index is 12.1. The number of hydrogen-bond donors (Lipinski definition) is 0. The van der Waals surface area contributed by atoms with Crippen molar-refractivity contribution < 1.29 is 14.3 Å². The van der Waals surface area contributed by atoms with Crippen LogP contribution < -0.4 is 9.47 Å². The van der Waals surface area contributed by atoms with Crippen molar-refractivity contribution in [1.29, 1.82) is 0 Å². The summed E-state index contributed by atoms with van der Waals surface area (Å²) in [5.41, 5.74) is 1.19. The molecule has 2 rings (SSSR count). The number of carbonyl (C=O) groups is 1. The van der Waals surface area contributed by atoms with E-state index in [0.29, 0.717) is 42.7 Å². The molecule has 0 amide bonds. The van der Waals surface area contributed by atoms with Crippen LogP contribution in [0.4, 0.5) is 0 Å². The van der Waals surface area contributed by atoms with Crippen LogP contribution in [0.3, 0.4) is 0 Å². The Morgan fingerprint density at radius 1 is 0.769 bits per heavy atom. The Hall–Kier alpha value is -1.65. The van der Waals surface area contributed by atoms with Gasteiger partial charge >= 0.3 is 0 Å². The number of ether oxygens (including phenoxy) is 2. The van der Waals surface area contributed by atoms with E-state index in [2.05, 4.69) is 0 Å². The first-order valence-electron chi connectivity index (χ1n) is 7.32. The van der Waals surface area contributed by atoms with Crippen LogP contribution in [-0.4, -0.2) is 20.0 Å². The second-order valence-electron chi connectivity index (χ2n) is 5.09. The standard InChI is InChI=1S/C19H14Cl4O3/c1-25-18-11(7-13(20)9-16(18)22)3-5-15(24)6-4-12-8-14(21)10-17(23)19(12)26-2/h3-10H,1-2H3. The Morgan fingerprint density at radius 3 is 1.50 bits per heavy atom. The third-order valence-corrected chi connectivity index (χ3v) is 4.33. The van der Waals surface area contributed by atoms with Crippen LogP contribution >= 0.6 is 46.4 Å². The van der Waals surface area contributed by atoms with Gasteiger partial charge < -0.3 is 9.47 Å². The van der Waals surface area contributed by atoms with E-state index in [-0.39, 0.29) is 5.78 Å². The van der Waals surface area contributed by atoms with Crippen molar-refractivity contribution in [2.75, 3.05) is 14.2 Å². The summed E-state index contributed by atoms with van der Waals surface area (Å²) in [6.07, 6.45) is 5.90. The van der Waals surface area contributed by atoms with Crippen molar-refractivity contribution in [2.24, 2.45) is 0 Å². The summed E-state index contributed by atoms with van der Waals surface area (Å²) in [7, 11) is 2.98. The number of benzene rings is 2. The van der Waals surface area contributed by atoms with Crippen molar-refractivity contribution in [3.8, 4) is 11.5 Å². The molecule has 0 unspecified atom stereocenters. The first kappa shape index (κ1) is 20.7. The van der Waals surface area contributed by atoms with Gasteiger partial charge in [-0.1, -0.05) is 46.4 Å². The lowest BCUT2D eigenvalue weighted by molar-refractivity contribution is -0.110. The molecule has 2 aromatic rings. The van der Waals surface area contributed by atoms with Gasteiger partial charge in [0.25, 0.3) is 0 Å². The fourth-order valence-corrected chi connectivity index (χ4v) is 3.41. The van der Waals surface area contributed by atoms with Gasteiger partial charge in [0, 0.05) is 21.2 Å². The fraction of sp³-hybridized carbons (Fsp3) is 0.105. The molecule has 136 valence electrons. The Labute approximate surface area is 171 Å². The van der Waals surface area contributed by atoms with Gasteiger partial charge in [-0.05, 0) is 48.6 Å². The molecule has 26 heavy (non-hydrogen) atoms. The molecule has 0 spiro atoms. The molecule has 0 aliphatic rings. The molecule has 0 saturated heterocycles. The zero-order chi connectivity index (χ0) is 19.3. The molecule has 0 N–H and O–H groups in total. The first-order chi connectivity index (χ1) is 12.3. The first-order valence-corrected chi connectivity index (χ1v) is 8.83. The van der Waals surface area contributed by atoms with E-state index in [9.17, 15) is 4.79 Å². The lowest BCUT2D eigenvalue weighted by Crippen LogP contribution is -1.91. The molecule has 0 bridgehead atoms. The highest BCUT2D eigenvalue weighted by Crippen LogP contribution is 2.34. The summed E-state index contributed by atoms with van der Waals surface area (Å²) in [6, 6.07) is 6.44. The second kappa shape index (κ2) is 9.33. The van der Waals surface area contributed by atoms with Crippen LogP contribution in [-0.2, 0) is 4.79 Å². The van der Waals surface area contributed by atoms with E-state index in [1.807, 2.05) is 0 Å². The van der Waals surface area contributed by atoms with Crippen molar-refractivity contribution in [3.05, 3.63) is 67.6 Å². The van der Waals surface area contributed by atoms with Gasteiger partial charge in [0.2, 0.25) is 0 Å². The van der Waals surface area contributed by atoms with Crippen LogP contribution in [0.15, 0.2) is 36.4 Å². The minimum absolute atomic E-state index is 0.263. The normalized spacial score (nSPS) is 11.3. The summed E-state index contributed by atoms with van der Waals surface area (Å²) in [5, 5.41) is 1.61. The highest BCUT2D eigenvalue weighted by molar-refractivity contribution is 6.36. The zero-order valence-corrected chi connectivity index (χ0v) is 16.9. The zero-order valence-electron chi connectivity index (χ0n) is 13.9. The summed E-state index contributed by atoms with van der Waals surface area (Å²) in [6.45, 7) is 0. The van der Waals surface area contributed by atoms with Crippen LogP contribution in [0.5, 0.6) is 11.5 Å². The molecular formula is C19H14Cl4O3. The Balaban J connectivity index is 2.25. The number of methoxy groups -OCH3 is 2. The van der Waals surface area contributed by atoms with Crippen molar-refractivity contribution in [3.63, 3.8) is 0 Å². The summed E-state index contributed by atoms with van der Waals surface area (Å²) < 4.78 is 10.5. The van der Waals surface area contributed by atoms with E-state index in [1.165, 1.54) is 26.4 Å². The Morgan fingerprint density at radius 2 is 1.15 bits per heavy atom. The summed E-state index contributed by atoms with van der Waals surface area (Å²) in [4.78, 5) is 12.1. The molecular weight excluding hydrogens is 418 g/mol. The third kappa shape index (κ3) is 5.18. The van der Waals surface area contributed by atoms with Crippen LogP contribution in [0, 0.1) is 0 Å². The van der Waals surface area contributed by atoms with Crippen molar-refractivity contribution in [1.82, 2.24) is 0 Å². The monoisotopic (exact) mass is 430 g/mol. The number of ketones is 1. The van der Waals surface area contributed by atoms with Gasteiger partial charge in [0.05, 0.1) is 24.3 Å². The van der Waals surface area contributed by atoms with Crippen molar-refractivity contribution >= 4 is 64.3 Å². The van der Waals surface area contributed by atoms with E-state index < -0.39 is 0 Å². The number of allylic oxidation sites excluding steroid dienone is 2. The van der Waals surface area contributed by atoms with Crippen LogP contribution in [0.1, 0.15) is 11.1 Å². The minimum atomic E-state index is -0.263. The summed E-state index contributed by atoms with van der Waals surface area (Å²) >= 11 is 24.1.